The molecule has 0 saturated heterocycles. The van der Waals surface area contributed by atoms with Crippen LogP contribution in [-0.2, 0) is 13.1 Å². The van der Waals surface area contributed by atoms with Crippen molar-refractivity contribution in [1.82, 2.24) is 4.98 Å². The van der Waals surface area contributed by atoms with Crippen LogP contribution in [0.15, 0.2) is 42.7 Å². The standard InChI is InChI=1S/C15H18FN3/c1-2-19(11-13-7-14(16)10-18-9-13)15-5-3-12(8-17)4-6-15/h3-7,9-10H,2,8,11,17H2,1H3. The van der Waals surface area contributed by atoms with Crippen molar-refractivity contribution in [3.05, 3.63) is 59.7 Å². The third kappa shape index (κ3) is 3.51. The van der Waals surface area contributed by atoms with E-state index < -0.39 is 0 Å². The lowest BCUT2D eigenvalue weighted by Gasteiger charge is -2.23. The second kappa shape index (κ2) is 6.29. The molecule has 0 aliphatic rings. The summed E-state index contributed by atoms with van der Waals surface area (Å²) >= 11 is 0. The van der Waals surface area contributed by atoms with Crippen molar-refractivity contribution in [2.24, 2.45) is 5.73 Å². The number of rotatable bonds is 5. The molecule has 0 bridgehead atoms. The summed E-state index contributed by atoms with van der Waals surface area (Å²) in [6.45, 7) is 4.10. The van der Waals surface area contributed by atoms with Gasteiger partial charge in [0, 0.05) is 31.5 Å². The number of hydrogen-bond acceptors (Lipinski definition) is 3. The number of aromatic nitrogens is 1. The fraction of sp³-hybridized carbons (Fsp3) is 0.267. The first-order valence-corrected chi connectivity index (χ1v) is 6.36. The molecule has 0 fully saturated rings. The smallest absolute Gasteiger partial charge is 0.141 e. The number of benzene rings is 1. The van der Waals surface area contributed by atoms with Crippen molar-refractivity contribution in [3.8, 4) is 0 Å². The highest BCUT2D eigenvalue weighted by atomic mass is 19.1. The number of nitrogens with two attached hydrogens (primary N) is 1. The topological polar surface area (TPSA) is 42.2 Å². The van der Waals surface area contributed by atoms with Crippen molar-refractivity contribution >= 4 is 5.69 Å². The molecule has 2 N–H and O–H groups in total. The summed E-state index contributed by atoms with van der Waals surface area (Å²) in [7, 11) is 0. The highest BCUT2D eigenvalue weighted by molar-refractivity contribution is 5.48. The molecule has 0 aliphatic heterocycles. The lowest BCUT2D eigenvalue weighted by Crippen LogP contribution is -2.22. The summed E-state index contributed by atoms with van der Waals surface area (Å²) in [6, 6.07) is 9.63. The number of halogens is 1. The van der Waals surface area contributed by atoms with E-state index in [1.54, 1.807) is 6.20 Å². The van der Waals surface area contributed by atoms with Gasteiger partial charge in [-0.2, -0.15) is 0 Å². The second-order valence-electron chi connectivity index (χ2n) is 4.40. The molecule has 0 atom stereocenters. The van der Waals surface area contributed by atoms with Crippen molar-refractivity contribution in [1.29, 1.82) is 0 Å². The van der Waals surface area contributed by atoms with Crippen molar-refractivity contribution in [3.63, 3.8) is 0 Å². The summed E-state index contributed by atoms with van der Waals surface area (Å²) in [5.41, 5.74) is 8.66. The van der Waals surface area contributed by atoms with Gasteiger partial charge in [0.25, 0.3) is 0 Å². The van der Waals surface area contributed by atoms with Crippen LogP contribution in [0.25, 0.3) is 0 Å². The van der Waals surface area contributed by atoms with Crippen LogP contribution in [0.2, 0.25) is 0 Å². The van der Waals surface area contributed by atoms with Gasteiger partial charge in [0.1, 0.15) is 5.82 Å². The maximum absolute atomic E-state index is 13.1. The molecule has 0 aliphatic carbocycles. The highest BCUT2D eigenvalue weighted by Crippen LogP contribution is 2.17. The summed E-state index contributed by atoms with van der Waals surface area (Å²) in [6.07, 6.45) is 2.91. The first-order chi connectivity index (χ1) is 9.22. The molecular formula is C15H18FN3. The summed E-state index contributed by atoms with van der Waals surface area (Å²) in [4.78, 5) is 6.04. The van der Waals surface area contributed by atoms with Gasteiger partial charge >= 0.3 is 0 Å². The largest absolute Gasteiger partial charge is 0.367 e. The lowest BCUT2D eigenvalue weighted by atomic mass is 10.2. The minimum absolute atomic E-state index is 0.299. The van der Waals surface area contributed by atoms with E-state index in [0.717, 1.165) is 23.4 Å². The summed E-state index contributed by atoms with van der Waals surface area (Å²) in [5, 5.41) is 0. The summed E-state index contributed by atoms with van der Waals surface area (Å²) < 4.78 is 13.1. The highest BCUT2D eigenvalue weighted by Gasteiger charge is 2.06. The summed E-state index contributed by atoms with van der Waals surface area (Å²) in [5.74, 6) is -0.299. The quantitative estimate of drug-likeness (QED) is 0.897. The van der Waals surface area contributed by atoms with Gasteiger partial charge in [-0.1, -0.05) is 12.1 Å². The molecule has 1 heterocycles. The molecule has 2 aromatic rings. The molecule has 1 aromatic carbocycles. The lowest BCUT2D eigenvalue weighted by molar-refractivity contribution is 0.617. The Kier molecular flexibility index (Phi) is 4.47. The average Bonchev–Trinajstić information content (AvgIpc) is 2.45. The Balaban J connectivity index is 2.15. The molecule has 2 rings (SSSR count). The Morgan fingerprint density at radius 2 is 1.89 bits per heavy atom. The fourth-order valence-electron chi connectivity index (χ4n) is 1.99. The normalized spacial score (nSPS) is 10.5. The van der Waals surface area contributed by atoms with E-state index in [4.69, 9.17) is 5.73 Å². The predicted molar refractivity (Wildman–Crippen MR) is 75.3 cm³/mol. The van der Waals surface area contributed by atoms with Crippen LogP contribution in [0, 0.1) is 5.82 Å². The molecule has 100 valence electrons. The molecule has 0 amide bonds. The van der Waals surface area contributed by atoms with E-state index in [-0.39, 0.29) is 5.82 Å². The first-order valence-electron chi connectivity index (χ1n) is 6.36. The van der Waals surface area contributed by atoms with E-state index >= 15 is 0 Å². The van der Waals surface area contributed by atoms with Crippen LogP contribution in [0.5, 0.6) is 0 Å². The van der Waals surface area contributed by atoms with Gasteiger partial charge in [0.2, 0.25) is 0 Å². The zero-order valence-corrected chi connectivity index (χ0v) is 11.0. The van der Waals surface area contributed by atoms with Crippen LogP contribution < -0.4 is 10.6 Å². The van der Waals surface area contributed by atoms with Crippen LogP contribution in [0.4, 0.5) is 10.1 Å². The minimum Gasteiger partial charge on any atom is -0.367 e. The van der Waals surface area contributed by atoms with Crippen molar-refractivity contribution in [2.75, 3.05) is 11.4 Å². The van der Waals surface area contributed by atoms with E-state index in [1.165, 1.54) is 12.3 Å². The second-order valence-corrected chi connectivity index (χ2v) is 4.40. The third-order valence-corrected chi connectivity index (χ3v) is 3.05. The van der Waals surface area contributed by atoms with Gasteiger partial charge in [-0.25, -0.2) is 4.39 Å². The fourth-order valence-corrected chi connectivity index (χ4v) is 1.99. The number of pyridine rings is 1. The van der Waals surface area contributed by atoms with E-state index in [9.17, 15) is 4.39 Å². The van der Waals surface area contributed by atoms with Crippen molar-refractivity contribution in [2.45, 2.75) is 20.0 Å². The Bertz CT molecular complexity index is 525. The zero-order valence-electron chi connectivity index (χ0n) is 11.0. The minimum atomic E-state index is -0.299. The molecule has 0 unspecified atom stereocenters. The van der Waals surface area contributed by atoms with Crippen LogP contribution in [-0.4, -0.2) is 11.5 Å². The van der Waals surface area contributed by atoms with Crippen LogP contribution in [0.1, 0.15) is 18.1 Å². The number of hydrogen-bond donors (Lipinski definition) is 1. The Morgan fingerprint density at radius 1 is 1.16 bits per heavy atom. The number of nitrogens with zero attached hydrogens (tertiary/aromatic N) is 2. The predicted octanol–water partition coefficient (Wildman–Crippen LogP) is 2.71. The SMILES string of the molecule is CCN(Cc1cncc(F)c1)c1ccc(CN)cc1. The van der Waals surface area contributed by atoms with E-state index in [0.29, 0.717) is 13.1 Å². The zero-order chi connectivity index (χ0) is 13.7. The molecule has 1 aromatic heterocycles. The van der Waals surface area contributed by atoms with Crippen LogP contribution >= 0.6 is 0 Å². The van der Waals surface area contributed by atoms with Gasteiger partial charge in [-0.05, 0) is 36.2 Å². The van der Waals surface area contributed by atoms with Crippen LogP contribution in [0.3, 0.4) is 0 Å². The van der Waals surface area contributed by atoms with Crippen molar-refractivity contribution < 1.29 is 4.39 Å². The van der Waals surface area contributed by atoms with Gasteiger partial charge in [0.15, 0.2) is 0 Å². The van der Waals surface area contributed by atoms with E-state index in [2.05, 4.69) is 16.8 Å². The molecular weight excluding hydrogens is 241 g/mol. The molecule has 0 saturated carbocycles. The Labute approximate surface area is 112 Å². The Morgan fingerprint density at radius 3 is 2.47 bits per heavy atom. The molecule has 4 heteroatoms. The average molecular weight is 259 g/mol. The molecule has 0 spiro atoms. The third-order valence-electron chi connectivity index (χ3n) is 3.05. The molecule has 3 nitrogen and oxygen atoms in total. The monoisotopic (exact) mass is 259 g/mol. The van der Waals surface area contributed by atoms with Gasteiger partial charge in [-0.3, -0.25) is 4.98 Å². The van der Waals surface area contributed by atoms with Gasteiger partial charge in [-0.15, -0.1) is 0 Å². The van der Waals surface area contributed by atoms with Gasteiger partial charge in [0.05, 0.1) is 6.20 Å². The maximum atomic E-state index is 13.1. The molecule has 19 heavy (non-hydrogen) atoms. The van der Waals surface area contributed by atoms with Gasteiger partial charge < -0.3 is 10.6 Å². The first kappa shape index (κ1) is 13.5. The maximum Gasteiger partial charge on any atom is 0.141 e. The number of anilines is 1. The van der Waals surface area contributed by atoms with E-state index in [1.807, 2.05) is 24.3 Å². The Hall–Kier alpha value is -1.94. The molecule has 0 radical (unpaired) electrons.